The SMILES string of the molecule is c1ccc(-c2nc(-c3ccccc3)nc(-c3cc(-c4cccc5c4oc4ccccc45)c4c(c3)sc3ccccc34)n2)cc1. The van der Waals surface area contributed by atoms with E-state index >= 15 is 0 Å². The van der Waals surface area contributed by atoms with Crippen LogP contribution in [0.1, 0.15) is 0 Å². The summed E-state index contributed by atoms with van der Waals surface area (Å²) in [5.41, 5.74) is 6.75. The molecule has 0 unspecified atom stereocenters. The van der Waals surface area contributed by atoms with Crippen LogP contribution in [0.2, 0.25) is 0 Å². The molecule has 44 heavy (non-hydrogen) atoms. The Bertz CT molecular complexity index is 2440. The summed E-state index contributed by atoms with van der Waals surface area (Å²) in [5.74, 6) is 1.92. The van der Waals surface area contributed by atoms with E-state index in [1.807, 2.05) is 72.8 Å². The van der Waals surface area contributed by atoms with Gasteiger partial charge in [-0.25, -0.2) is 15.0 Å². The Morgan fingerprint density at radius 1 is 0.432 bits per heavy atom. The number of furan rings is 1. The number of aromatic nitrogens is 3. The third kappa shape index (κ3) is 4.02. The number of hydrogen-bond acceptors (Lipinski definition) is 5. The second-order valence-electron chi connectivity index (χ2n) is 10.8. The molecule has 0 aliphatic rings. The van der Waals surface area contributed by atoms with Gasteiger partial charge in [0.15, 0.2) is 17.5 Å². The molecule has 0 aliphatic heterocycles. The first-order valence-electron chi connectivity index (χ1n) is 14.5. The van der Waals surface area contributed by atoms with Gasteiger partial charge in [0.1, 0.15) is 11.2 Å². The molecule has 4 nitrogen and oxygen atoms in total. The molecule has 0 bridgehead atoms. The van der Waals surface area contributed by atoms with Crippen LogP contribution in [0.3, 0.4) is 0 Å². The Labute approximate surface area is 256 Å². The van der Waals surface area contributed by atoms with Gasteiger partial charge in [0.25, 0.3) is 0 Å². The second kappa shape index (κ2) is 9.97. The molecule has 3 aromatic heterocycles. The van der Waals surface area contributed by atoms with Crippen molar-refractivity contribution in [1.29, 1.82) is 0 Å². The van der Waals surface area contributed by atoms with Crippen LogP contribution in [-0.4, -0.2) is 15.0 Å². The largest absolute Gasteiger partial charge is 0.455 e. The van der Waals surface area contributed by atoms with Crippen LogP contribution in [0.15, 0.2) is 144 Å². The maximum absolute atomic E-state index is 6.54. The maximum Gasteiger partial charge on any atom is 0.164 e. The van der Waals surface area contributed by atoms with E-state index in [0.29, 0.717) is 17.5 Å². The summed E-state index contributed by atoms with van der Waals surface area (Å²) in [6.07, 6.45) is 0. The van der Waals surface area contributed by atoms with E-state index in [0.717, 1.165) is 49.8 Å². The van der Waals surface area contributed by atoms with Gasteiger partial charge in [-0.1, -0.05) is 115 Å². The number of rotatable bonds is 4. The molecule has 206 valence electrons. The smallest absolute Gasteiger partial charge is 0.164 e. The molecule has 0 aliphatic carbocycles. The highest BCUT2D eigenvalue weighted by Crippen LogP contribution is 2.45. The van der Waals surface area contributed by atoms with Crippen molar-refractivity contribution in [1.82, 2.24) is 15.0 Å². The molecule has 0 spiro atoms. The Hall–Kier alpha value is -5.65. The minimum absolute atomic E-state index is 0.634. The van der Waals surface area contributed by atoms with E-state index in [-0.39, 0.29) is 0 Å². The molecule has 0 saturated carbocycles. The number of nitrogens with zero attached hydrogens (tertiary/aromatic N) is 3. The molecule has 0 saturated heterocycles. The first-order chi connectivity index (χ1) is 21.8. The number of benzene rings is 6. The lowest BCUT2D eigenvalue weighted by Gasteiger charge is -2.11. The highest BCUT2D eigenvalue weighted by Gasteiger charge is 2.20. The molecule has 0 N–H and O–H groups in total. The predicted molar refractivity (Wildman–Crippen MR) is 182 cm³/mol. The highest BCUT2D eigenvalue weighted by atomic mass is 32.1. The molecule has 0 radical (unpaired) electrons. The summed E-state index contributed by atoms with van der Waals surface area (Å²) in [7, 11) is 0. The molecule has 9 rings (SSSR count). The Morgan fingerprint density at radius 3 is 1.75 bits per heavy atom. The number of para-hydroxylation sites is 2. The van der Waals surface area contributed by atoms with Gasteiger partial charge in [-0.3, -0.25) is 0 Å². The standard InChI is InChI=1S/C39H23N3OS/c1-3-12-24(13-4-1)37-40-38(25-14-5-2-6-15-25)42-39(41-37)26-22-31(35-30-17-8-10-21-33(30)44-34(35)23-26)29-19-11-18-28-27-16-7-9-20-32(27)43-36(28)29/h1-23H. The lowest BCUT2D eigenvalue weighted by atomic mass is 9.95. The van der Waals surface area contributed by atoms with Crippen LogP contribution in [0.4, 0.5) is 0 Å². The van der Waals surface area contributed by atoms with E-state index in [1.54, 1.807) is 11.3 Å². The molecule has 6 aromatic carbocycles. The van der Waals surface area contributed by atoms with E-state index in [1.165, 1.54) is 20.2 Å². The average Bonchev–Trinajstić information content (AvgIpc) is 3.67. The van der Waals surface area contributed by atoms with Gasteiger partial charge in [-0.15, -0.1) is 11.3 Å². The minimum Gasteiger partial charge on any atom is -0.455 e. The summed E-state index contributed by atoms with van der Waals surface area (Å²) >= 11 is 1.79. The van der Waals surface area contributed by atoms with E-state index < -0.39 is 0 Å². The summed E-state index contributed by atoms with van der Waals surface area (Å²) in [6, 6.07) is 47.9. The minimum atomic E-state index is 0.634. The van der Waals surface area contributed by atoms with Gasteiger partial charge in [-0.2, -0.15) is 0 Å². The van der Waals surface area contributed by atoms with E-state index in [2.05, 4.69) is 66.7 Å². The van der Waals surface area contributed by atoms with Gasteiger partial charge < -0.3 is 4.42 Å². The first-order valence-corrected chi connectivity index (χ1v) is 15.3. The number of thiophene rings is 1. The zero-order valence-corrected chi connectivity index (χ0v) is 24.3. The molecule has 0 atom stereocenters. The van der Waals surface area contributed by atoms with Gasteiger partial charge in [0, 0.05) is 53.2 Å². The van der Waals surface area contributed by atoms with Crippen LogP contribution in [0, 0.1) is 0 Å². The summed E-state index contributed by atoms with van der Waals surface area (Å²) < 4.78 is 8.95. The summed E-state index contributed by atoms with van der Waals surface area (Å²) in [5, 5.41) is 4.66. The molecular weight excluding hydrogens is 559 g/mol. The molecule has 3 heterocycles. The van der Waals surface area contributed by atoms with Crippen molar-refractivity contribution in [2.75, 3.05) is 0 Å². The maximum atomic E-state index is 6.54. The fourth-order valence-corrected chi connectivity index (χ4v) is 7.26. The molecule has 0 amide bonds. The van der Waals surface area contributed by atoms with Crippen LogP contribution in [-0.2, 0) is 0 Å². The second-order valence-corrected chi connectivity index (χ2v) is 11.9. The van der Waals surface area contributed by atoms with Crippen LogP contribution in [0.5, 0.6) is 0 Å². The quantitative estimate of drug-likeness (QED) is 0.207. The molecule has 9 aromatic rings. The predicted octanol–water partition coefficient (Wildman–Crippen LogP) is 10.8. The van der Waals surface area contributed by atoms with Crippen molar-refractivity contribution >= 4 is 53.4 Å². The number of fused-ring (bicyclic) bond motifs is 6. The third-order valence-electron chi connectivity index (χ3n) is 8.13. The zero-order chi connectivity index (χ0) is 29.0. The first kappa shape index (κ1) is 24.9. The van der Waals surface area contributed by atoms with Gasteiger partial charge in [0.05, 0.1) is 0 Å². The Balaban J connectivity index is 1.36. The number of hydrogen-bond donors (Lipinski definition) is 0. The lowest BCUT2D eigenvalue weighted by molar-refractivity contribution is 0.670. The van der Waals surface area contributed by atoms with Gasteiger partial charge in [-0.05, 0) is 29.8 Å². The normalized spacial score (nSPS) is 11.6. The van der Waals surface area contributed by atoms with Crippen LogP contribution < -0.4 is 0 Å². The van der Waals surface area contributed by atoms with E-state index in [4.69, 9.17) is 19.4 Å². The fourth-order valence-electron chi connectivity index (χ4n) is 6.09. The van der Waals surface area contributed by atoms with Crippen LogP contribution in [0.25, 0.3) is 87.4 Å². The van der Waals surface area contributed by atoms with E-state index in [9.17, 15) is 0 Å². The Kier molecular flexibility index (Phi) is 5.64. The highest BCUT2D eigenvalue weighted by molar-refractivity contribution is 7.26. The topological polar surface area (TPSA) is 51.8 Å². The summed E-state index contributed by atoms with van der Waals surface area (Å²) in [6.45, 7) is 0. The molecule has 0 fully saturated rings. The Morgan fingerprint density at radius 2 is 1.02 bits per heavy atom. The van der Waals surface area contributed by atoms with Gasteiger partial charge >= 0.3 is 0 Å². The van der Waals surface area contributed by atoms with Crippen molar-refractivity contribution in [2.24, 2.45) is 0 Å². The lowest BCUT2D eigenvalue weighted by Crippen LogP contribution is -2.00. The molecule has 5 heteroatoms. The summed E-state index contributed by atoms with van der Waals surface area (Å²) in [4.78, 5) is 15.0. The zero-order valence-electron chi connectivity index (χ0n) is 23.4. The van der Waals surface area contributed by atoms with Crippen molar-refractivity contribution < 1.29 is 4.42 Å². The molecular formula is C39H23N3OS. The average molecular weight is 582 g/mol. The third-order valence-corrected chi connectivity index (χ3v) is 9.25. The van der Waals surface area contributed by atoms with Crippen molar-refractivity contribution in [3.63, 3.8) is 0 Å². The monoisotopic (exact) mass is 581 g/mol. The van der Waals surface area contributed by atoms with Crippen LogP contribution >= 0.6 is 11.3 Å². The van der Waals surface area contributed by atoms with Crippen molar-refractivity contribution in [3.05, 3.63) is 140 Å². The van der Waals surface area contributed by atoms with Crippen molar-refractivity contribution in [3.8, 4) is 45.3 Å². The fraction of sp³-hybridized carbons (Fsp3) is 0. The van der Waals surface area contributed by atoms with Gasteiger partial charge in [0.2, 0.25) is 0 Å². The van der Waals surface area contributed by atoms with Crippen molar-refractivity contribution in [2.45, 2.75) is 0 Å².